The summed E-state index contributed by atoms with van der Waals surface area (Å²) >= 11 is 0. The van der Waals surface area contributed by atoms with Crippen LogP contribution in [0.25, 0.3) is 0 Å². The summed E-state index contributed by atoms with van der Waals surface area (Å²) < 4.78 is 4.97. The highest BCUT2D eigenvalue weighted by atomic mass is 16.6. The molecule has 1 N–H and O–H groups in total. The Labute approximate surface area is 148 Å². The molecule has 1 saturated carbocycles. The molecule has 25 heavy (non-hydrogen) atoms. The van der Waals surface area contributed by atoms with Gasteiger partial charge in [0.25, 0.3) is 5.91 Å². The molecule has 1 aliphatic rings. The van der Waals surface area contributed by atoms with E-state index in [1.807, 2.05) is 14.1 Å². The summed E-state index contributed by atoms with van der Waals surface area (Å²) in [5.74, 6) is 0.428. The number of amides is 1. The van der Waals surface area contributed by atoms with Crippen LogP contribution < -0.4 is 10.1 Å². The van der Waals surface area contributed by atoms with Crippen molar-refractivity contribution in [2.75, 3.05) is 27.7 Å². The average molecular weight is 349 g/mol. The van der Waals surface area contributed by atoms with Crippen LogP contribution in [0.5, 0.6) is 5.75 Å². The number of hydrogen-bond donors (Lipinski definition) is 1. The summed E-state index contributed by atoms with van der Waals surface area (Å²) in [7, 11) is 5.43. The van der Waals surface area contributed by atoms with Crippen molar-refractivity contribution >= 4 is 11.6 Å². The monoisotopic (exact) mass is 349 g/mol. The molecular formula is C18H27N3O4. The second kappa shape index (κ2) is 8.80. The fourth-order valence-corrected chi connectivity index (χ4v) is 3.56. The molecule has 1 aliphatic carbocycles. The van der Waals surface area contributed by atoms with Crippen molar-refractivity contribution in [1.82, 2.24) is 10.2 Å². The molecule has 1 atom stereocenters. The second-order valence-corrected chi connectivity index (χ2v) is 6.78. The minimum atomic E-state index is -0.541. The summed E-state index contributed by atoms with van der Waals surface area (Å²) in [6, 6.07) is 4.54. The van der Waals surface area contributed by atoms with Crippen molar-refractivity contribution in [3.05, 3.63) is 33.9 Å². The number of nitro groups is 1. The van der Waals surface area contributed by atoms with Gasteiger partial charge in [-0.3, -0.25) is 14.9 Å². The Morgan fingerprint density at radius 2 is 2.04 bits per heavy atom. The molecule has 2 rings (SSSR count). The van der Waals surface area contributed by atoms with Crippen LogP contribution in [0.4, 0.5) is 5.69 Å². The van der Waals surface area contributed by atoms with Crippen LogP contribution >= 0.6 is 0 Å². The molecule has 0 aromatic heterocycles. The lowest BCUT2D eigenvalue weighted by Gasteiger charge is -2.35. The van der Waals surface area contributed by atoms with Gasteiger partial charge in [-0.25, -0.2) is 0 Å². The first kappa shape index (κ1) is 19.2. The van der Waals surface area contributed by atoms with Crippen LogP contribution in [0.3, 0.4) is 0 Å². The van der Waals surface area contributed by atoms with E-state index in [0.29, 0.717) is 12.5 Å². The number of nitro benzene ring substituents is 1. The van der Waals surface area contributed by atoms with E-state index < -0.39 is 4.92 Å². The molecule has 0 unspecified atom stereocenters. The standard InChI is InChI=1S/C18H27N3O4/c1-20(2)16(13-7-5-4-6-8-13)12-19-18(22)14-9-10-17(25-3)15(11-14)21(23)24/h9-11,13,16H,4-8,12H2,1-3H3,(H,19,22)/t16-/m1/s1. The van der Waals surface area contributed by atoms with Crippen LogP contribution in [0.15, 0.2) is 18.2 Å². The zero-order chi connectivity index (χ0) is 18.4. The molecule has 0 spiro atoms. The largest absolute Gasteiger partial charge is 0.490 e. The van der Waals surface area contributed by atoms with Gasteiger partial charge in [0, 0.05) is 24.2 Å². The minimum Gasteiger partial charge on any atom is -0.490 e. The Balaban J connectivity index is 2.05. The van der Waals surface area contributed by atoms with Crippen LogP contribution in [-0.2, 0) is 0 Å². The lowest BCUT2D eigenvalue weighted by molar-refractivity contribution is -0.385. The second-order valence-electron chi connectivity index (χ2n) is 6.78. The zero-order valence-corrected chi connectivity index (χ0v) is 15.2. The maximum absolute atomic E-state index is 12.4. The van der Waals surface area contributed by atoms with E-state index in [0.717, 1.165) is 0 Å². The van der Waals surface area contributed by atoms with E-state index >= 15 is 0 Å². The summed E-state index contributed by atoms with van der Waals surface area (Å²) in [5, 5.41) is 14.0. The number of nitrogens with zero attached hydrogens (tertiary/aromatic N) is 2. The number of rotatable bonds is 7. The number of benzene rings is 1. The van der Waals surface area contributed by atoms with Crippen molar-refractivity contribution in [1.29, 1.82) is 0 Å². The van der Waals surface area contributed by atoms with Gasteiger partial charge in [0.15, 0.2) is 5.75 Å². The number of nitrogens with one attached hydrogen (secondary N) is 1. The van der Waals surface area contributed by atoms with Gasteiger partial charge in [-0.15, -0.1) is 0 Å². The van der Waals surface area contributed by atoms with Gasteiger partial charge < -0.3 is 15.0 Å². The lowest BCUT2D eigenvalue weighted by atomic mass is 9.83. The third-order valence-corrected chi connectivity index (χ3v) is 4.97. The Bertz CT molecular complexity index is 612. The SMILES string of the molecule is COc1ccc(C(=O)NC[C@H](C2CCCCC2)N(C)C)cc1[N+](=O)[O-]. The molecule has 1 fully saturated rings. The van der Waals surface area contributed by atoms with Gasteiger partial charge in [-0.05, 0) is 45.0 Å². The van der Waals surface area contributed by atoms with Crippen LogP contribution in [0, 0.1) is 16.0 Å². The minimum absolute atomic E-state index is 0.148. The zero-order valence-electron chi connectivity index (χ0n) is 15.2. The Morgan fingerprint density at radius 3 is 2.60 bits per heavy atom. The van der Waals surface area contributed by atoms with E-state index in [4.69, 9.17) is 4.74 Å². The van der Waals surface area contributed by atoms with Crippen LogP contribution in [0.1, 0.15) is 42.5 Å². The number of likely N-dealkylation sites (N-methyl/N-ethyl adjacent to an activating group) is 1. The molecule has 1 aromatic rings. The van der Waals surface area contributed by atoms with Crippen molar-refractivity contribution in [2.45, 2.75) is 38.1 Å². The number of hydrogen-bond acceptors (Lipinski definition) is 5. The molecule has 138 valence electrons. The van der Waals surface area contributed by atoms with Crippen molar-refractivity contribution in [2.24, 2.45) is 5.92 Å². The van der Waals surface area contributed by atoms with Gasteiger partial charge in [0.1, 0.15) is 0 Å². The molecule has 0 aliphatic heterocycles. The molecule has 1 amide bonds. The molecular weight excluding hydrogens is 322 g/mol. The van der Waals surface area contributed by atoms with E-state index in [2.05, 4.69) is 10.2 Å². The number of carbonyl (C=O) groups excluding carboxylic acids is 1. The first-order valence-electron chi connectivity index (χ1n) is 8.71. The first-order chi connectivity index (χ1) is 11.9. The fraction of sp³-hybridized carbons (Fsp3) is 0.611. The molecule has 7 heteroatoms. The van der Waals surface area contributed by atoms with Gasteiger partial charge >= 0.3 is 5.69 Å². The highest BCUT2D eigenvalue weighted by molar-refractivity contribution is 5.95. The molecule has 1 aromatic carbocycles. The normalized spacial score (nSPS) is 16.5. The lowest BCUT2D eigenvalue weighted by Crippen LogP contribution is -2.45. The van der Waals surface area contributed by atoms with Crippen molar-refractivity contribution in [3.63, 3.8) is 0 Å². The van der Waals surface area contributed by atoms with Crippen LogP contribution in [0.2, 0.25) is 0 Å². The predicted octanol–water partition coefficient (Wildman–Crippen LogP) is 2.84. The topological polar surface area (TPSA) is 84.7 Å². The molecule has 0 saturated heterocycles. The number of carbonyl (C=O) groups is 1. The summed E-state index contributed by atoms with van der Waals surface area (Å²) in [6.07, 6.45) is 6.15. The summed E-state index contributed by atoms with van der Waals surface area (Å²) in [6.45, 7) is 0.538. The summed E-state index contributed by atoms with van der Waals surface area (Å²) in [5.41, 5.74) is 0.0697. The number of methoxy groups -OCH3 is 1. The average Bonchev–Trinajstić information content (AvgIpc) is 2.61. The van der Waals surface area contributed by atoms with Crippen LogP contribution in [-0.4, -0.2) is 49.5 Å². The highest BCUT2D eigenvalue weighted by Gasteiger charge is 2.26. The first-order valence-corrected chi connectivity index (χ1v) is 8.71. The Kier molecular flexibility index (Phi) is 6.75. The van der Waals surface area contributed by atoms with Crippen molar-refractivity contribution < 1.29 is 14.5 Å². The van der Waals surface area contributed by atoms with Crippen molar-refractivity contribution in [3.8, 4) is 5.75 Å². The smallest absolute Gasteiger partial charge is 0.311 e. The van der Waals surface area contributed by atoms with Gasteiger partial charge in [-0.2, -0.15) is 0 Å². The molecule has 7 nitrogen and oxygen atoms in total. The fourth-order valence-electron chi connectivity index (χ4n) is 3.56. The van der Waals surface area contributed by atoms with E-state index in [1.54, 1.807) is 6.07 Å². The summed E-state index contributed by atoms with van der Waals surface area (Å²) in [4.78, 5) is 25.2. The van der Waals surface area contributed by atoms with Gasteiger partial charge in [0.05, 0.1) is 12.0 Å². The third kappa shape index (κ3) is 4.92. The Hall–Kier alpha value is -2.15. The molecule has 0 bridgehead atoms. The molecule has 0 heterocycles. The number of ether oxygens (including phenoxy) is 1. The van der Waals surface area contributed by atoms with E-state index in [9.17, 15) is 14.9 Å². The van der Waals surface area contributed by atoms with Gasteiger partial charge in [0.2, 0.25) is 0 Å². The Morgan fingerprint density at radius 1 is 1.36 bits per heavy atom. The quantitative estimate of drug-likeness (QED) is 0.604. The van der Waals surface area contributed by atoms with E-state index in [1.165, 1.54) is 51.3 Å². The van der Waals surface area contributed by atoms with E-state index in [-0.39, 0.29) is 28.9 Å². The maximum Gasteiger partial charge on any atom is 0.311 e. The molecule has 0 radical (unpaired) electrons. The maximum atomic E-state index is 12.4. The predicted molar refractivity (Wildman–Crippen MR) is 96.0 cm³/mol. The third-order valence-electron chi connectivity index (χ3n) is 4.97. The highest BCUT2D eigenvalue weighted by Crippen LogP contribution is 2.29. The van der Waals surface area contributed by atoms with Gasteiger partial charge in [-0.1, -0.05) is 19.3 Å².